The van der Waals surface area contributed by atoms with Crippen molar-refractivity contribution in [2.24, 2.45) is 0 Å². The fourth-order valence-corrected chi connectivity index (χ4v) is 2.79. The Morgan fingerprint density at radius 3 is 2.73 bits per heavy atom. The van der Waals surface area contributed by atoms with E-state index in [2.05, 4.69) is 0 Å². The lowest BCUT2D eigenvalue weighted by atomic mass is 10.0. The summed E-state index contributed by atoms with van der Waals surface area (Å²) in [5, 5.41) is 9.31. The fourth-order valence-electron chi connectivity index (χ4n) is 2.79. The first-order valence-corrected chi connectivity index (χ1v) is 7.80. The Kier molecular flexibility index (Phi) is 5.41. The van der Waals surface area contributed by atoms with E-state index < -0.39 is 18.1 Å². The molecule has 2 unspecified atom stereocenters. The summed E-state index contributed by atoms with van der Waals surface area (Å²) in [7, 11) is 0. The number of carbonyl (C=O) groups is 2. The van der Waals surface area contributed by atoms with E-state index in [1.165, 1.54) is 4.90 Å². The predicted octanol–water partition coefficient (Wildman–Crippen LogP) is 2.62. The van der Waals surface area contributed by atoms with Gasteiger partial charge in [-0.05, 0) is 44.2 Å². The second-order valence-corrected chi connectivity index (χ2v) is 5.66. The molecule has 0 radical (unpaired) electrons. The lowest BCUT2D eigenvalue weighted by molar-refractivity contribution is -0.155. The Labute approximate surface area is 130 Å². The Morgan fingerprint density at radius 1 is 1.36 bits per heavy atom. The number of nitrogens with zero attached hydrogens (tertiary/aromatic N) is 1. The Morgan fingerprint density at radius 2 is 2.09 bits per heavy atom. The van der Waals surface area contributed by atoms with Gasteiger partial charge in [-0.25, -0.2) is 4.79 Å². The number of hydrogen-bond donors (Lipinski definition) is 1. The van der Waals surface area contributed by atoms with Crippen LogP contribution in [0.25, 0.3) is 0 Å². The third kappa shape index (κ3) is 3.59. The SMILES string of the molecule is CCC(Oc1ccccc1C)C(=O)N1CCCCC1C(=O)O. The number of rotatable bonds is 5. The first-order chi connectivity index (χ1) is 10.5. The smallest absolute Gasteiger partial charge is 0.326 e. The molecule has 5 nitrogen and oxygen atoms in total. The highest BCUT2D eigenvalue weighted by atomic mass is 16.5. The average molecular weight is 305 g/mol. The van der Waals surface area contributed by atoms with Crippen LogP contribution >= 0.6 is 0 Å². The van der Waals surface area contributed by atoms with Gasteiger partial charge in [-0.3, -0.25) is 4.79 Å². The van der Waals surface area contributed by atoms with Crippen LogP contribution in [0.4, 0.5) is 0 Å². The standard InChI is InChI=1S/C17H23NO4/c1-3-14(22-15-10-5-4-8-12(15)2)16(19)18-11-7-6-9-13(18)17(20)21/h4-5,8,10,13-14H,3,6-7,9,11H2,1-2H3,(H,20,21). The summed E-state index contributed by atoms with van der Waals surface area (Å²) >= 11 is 0. The van der Waals surface area contributed by atoms with Crippen molar-refractivity contribution >= 4 is 11.9 Å². The van der Waals surface area contributed by atoms with Crippen LogP contribution in [0.5, 0.6) is 5.75 Å². The molecule has 2 rings (SSSR count). The van der Waals surface area contributed by atoms with Gasteiger partial charge in [0.15, 0.2) is 6.10 Å². The molecular weight excluding hydrogens is 282 g/mol. The van der Waals surface area contributed by atoms with Crippen molar-refractivity contribution < 1.29 is 19.4 Å². The van der Waals surface area contributed by atoms with Crippen LogP contribution in [0.15, 0.2) is 24.3 Å². The molecule has 0 bridgehead atoms. The topological polar surface area (TPSA) is 66.8 Å². The van der Waals surface area contributed by atoms with Crippen LogP contribution in [0, 0.1) is 6.92 Å². The maximum absolute atomic E-state index is 12.7. The first kappa shape index (κ1) is 16.3. The van der Waals surface area contributed by atoms with E-state index in [4.69, 9.17) is 4.74 Å². The molecule has 1 aliphatic rings. The van der Waals surface area contributed by atoms with Crippen molar-refractivity contribution in [1.29, 1.82) is 0 Å². The highest BCUT2D eigenvalue weighted by Gasteiger charge is 2.35. The maximum Gasteiger partial charge on any atom is 0.326 e. The summed E-state index contributed by atoms with van der Waals surface area (Å²) in [6.07, 6.45) is 2.07. The number of piperidine rings is 1. The molecule has 1 N–H and O–H groups in total. The largest absolute Gasteiger partial charge is 0.480 e. The minimum atomic E-state index is -0.932. The maximum atomic E-state index is 12.7. The number of aliphatic carboxylic acids is 1. The van der Waals surface area contributed by atoms with Gasteiger partial charge < -0.3 is 14.7 Å². The Balaban J connectivity index is 2.14. The minimum absolute atomic E-state index is 0.224. The predicted molar refractivity (Wildman–Crippen MR) is 82.9 cm³/mol. The lowest BCUT2D eigenvalue weighted by Crippen LogP contribution is -2.52. The molecule has 2 atom stereocenters. The molecule has 1 amide bonds. The molecular formula is C17H23NO4. The zero-order valence-electron chi connectivity index (χ0n) is 13.1. The summed E-state index contributed by atoms with van der Waals surface area (Å²) < 4.78 is 5.85. The van der Waals surface area contributed by atoms with Gasteiger partial charge in [0.25, 0.3) is 5.91 Å². The van der Waals surface area contributed by atoms with Crippen LogP contribution in [0.1, 0.15) is 38.2 Å². The number of carboxylic acid groups (broad SMARTS) is 1. The van der Waals surface area contributed by atoms with E-state index in [1.54, 1.807) is 0 Å². The van der Waals surface area contributed by atoms with Crippen molar-refractivity contribution in [3.63, 3.8) is 0 Å². The van der Waals surface area contributed by atoms with Gasteiger partial charge in [-0.15, -0.1) is 0 Å². The highest BCUT2D eigenvalue weighted by Crippen LogP contribution is 2.23. The second-order valence-electron chi connectivity index (χ2n) is 5.66. The quantitative estimate of drug-likeness (QED) is 0.908. The summed E-state index contributed by atoms with van der Waals surface area (Å²) in [6.45, 7) is 4.29. The number of para-hydroxylation sites is 1. The number of amides is 1. The van der Waals surface area contributed by atoms with Crippen molar-refractivity contribution in [1.82, 2.24) is 4.90 Å². The summed E-state index contributed by atoms with van der Waals surface area (Å²) in [5.74, 6) is -0.483. The third-order valence-corrected chi connectivity index (χ3v) is 4.08. The van der Waals surface area contributed by atoms with Crippen LogP contribution in [-0.4, -0.2) is 40.6 Å². The summed E-state index contributed by atoms with van der Waals surface area (Å²) in [5.41, 5.74) is 0.960. The molecule has 1 saturated heterocycles. The molecule has 1 aromatic carbocycles. The molecule has 0 saturated carbocycles. The lowest BCUT2D eigenvalue weighted by Gasteiger charge is -2.35. The zero-order chi connectivity index (χ0) is 16.1. The molecule has 1 aliphatic heterocycles. The monoisotopic (exact) mass is 305 g/mol. The van der Waals surface area contributed by atoms with Gasteiger partial charge in [0.2, 0.25) is 0 Å². The molecule has 22 heavy (non-hydrogen) atoms. The van der Waals surface area contributed by atoms with Crippen molar-refractivity contribution in [2.75, 3.05) is 6.54 Å². The van der Waals surface area contributed by atoms with Crippen molar-refractivity contribution in [3.8, 4) is 5.75 Å². The van der Waals surface area contributed by atoms with Gasteiger partial charge in [-0.2, -0.15) is 0 Å². The number of ether oxygens (including phenoxy) is 1. The van der Waals surface area contributed by atoms with Gasteiger partial charge >= 0.3 is 5.97 Å². The zero-order valence-corrected chi connectivity index (χ0v) is 13.1. The molecule has 0 spiro atoms. The van der Waals surface area contributed by atoms with Crippen LogP contribution in [0.3, 0.4) is 0 Å². The molecule has 120 valence electrons. The van der Waals surface area contributed by atoms with Gasteiger partial charge in [0, 0.05) is 6.54 Å². The molecule has 5 heteroatoms. The number of aryl methyl sites for hydroxylation is 1. The van der Waals surface area contributed by atoms with E-state index in [0.717, 1.165) is 18.4 Å². The van der Waals surface area contributed by atoms with E-state index in [1.807, 2.05) is 38.1 Å². The molecule has 1 heterocycles. The average Bonchev–Trinajstić information content (AvgIpc) is 2.53. The molecule has 0 aromatic heterocycles. The number of carboxylic acids is 1. The van der Waals surface area contributed by atoms with E-state index >= 15 is 0 Å². The van der Waals surface area contributed by atoms with E-state index in [0.29, 0.717) is 25.1 Å². The first-order valence-electron chi connectivity index (χ1n) is 7.80. The van der Waals surface area contributed by atoms with Crippen molar-refractivity contribution in [2.45, 2.75) is 51.7 Å². The Hall–Kier alpha value is -2.04. The summed E-state index contributed by atoms with van der Waals surface area (Å²) in [4.78, 5) is 25.5. The third-order valence-electron chi connectivity index (χ3n) is 4.08. The van der Waals surface area contributed by atoms with Gasteiger partial charge in [0.1, 0.15) is 11.8 Å². The normalized spacial score (nSPS) is 19.5. The van der Waals surface area contributed by atoms with Crippen LogP contribution in [-0.2, 0) is 9.59 Å². The van der Waals surface area contributed by atoms with Gasteiger partial charge in [-0.1, -0.05) is 25.1 Å². The number of benzene rings is 1. The van der Waals surface area contributed by atoms with Crippen LogP contribution in [0.2, 0.25) is 0 Å². The number of hydrogen-bond acceptors (Lipinski definition) is 3. The highest BCUT2D eigenvalue weighted by molar-refractivity contribution is 5.86. The van der Waals surface area contributed by atoms with Crippen LogP contribution < -0.4 is 4.74 Å². The van der Waals surface area contributed by atoms with Crippen molar-refractivity contribution in [3.05, 3.63) is 29.8 Å². The second kappa shape index (κ2) is 7.29. The van der Waals surface area contributed by atoms with E-state index in [9.17, 15) is 14.7 Å². The Bertz CT molecular complexity index is 543. The number of carbonyl (C=O) groups excluding carboxylic acids is 1. The van der Waals surface area contributed by atoms with E-state index in [-0.39, 0.29) is 5.91 Å². The minimum Gasteiger partial charge on any atom is -0.480 e. The fraction of sp³-hybridized carbons (Fsp3) is 0.529. The molecule has 1 fully saturated rings. The molecule has 0 aliphatic carbocycles. The van der Waals surface area contributed by atoms with Gasteiger partial charge in [0.05, 0.1) is 0 Å². The number of likely N-dealkylation sites (tertiary alicyclic amines) is 1. The summed E-state index contributed by atoms with van der Waals surface area (Å²) in [6, 6.07) is 6.80. The molecule has 1 aromatic rings.